The van der Waals surface area contributed by atoms with Crippen LogP contribution >= 0.6 is 27.5 Å². The van der Waals surface area contributed by atoms with Crippen LogP contribution in [0.3, 0.4) is 0 Å². The zero-order chi connectivity index (χ0) is 9.42. The number of fused-ring (bicyclic) bond motifs is 1. The Morgan fingerprint density at radius 1 is 1.36 bits per heavy atom. The van der Waals surface area contributed by atoms with Gasteiger partial charge in [-0.2, -0.15) is 0 Å². The summed E-state index contributed by atoms with van der Waals surface area (Å²) in [5.41, 5.74) is 0. The Hall–Kier alpha value is 0.130. The Balaban J connectivity index is 0.000000980. The summed E-state index contributed by atoms with van der Waals surface area (Å²) in [6, 6.07) is 5.91. The van der Waals surface area contributed by atoms with E-state index in [-0.39, 0.29) is 24.0 Å². The topological polar surface area (TPSA) is 3.88 Å². The quantitative estimate of drug-likeness (QED) is 0.448. The molecule has 0 bridgehead atoms. The molecule has 2 aromatic rings. The Labute approximate surface area is 113 Å². The Bertz CT molecular complexity index is 473. The van der Waals surface area contributed by atoms with Gasteiger partial charge in [-0.3, -0.25) is 0 Å². The highest BCUT2D eigenvalue weighted by molar-refractivity contribution is 9.10. The van der Waals surface area contributed by atoms with E-state index in [4.69, 9.17) is 11.6 Å². The summed E-state index contributed by atoms with van der Waals surface area (Å²) in [5, 5.41) is 3.08. The third kappa shape index (κ3) is 2.38. The van der Waals surface area contributed by atoms with Gasteiger partial charge in [-0.15, -0.1) is 0 Å². The molecule has 74 valence electrons. The number of hydrogen-bond donors (Lipinski definition) is 0. The number of rotatable bonds is 0. The van der Waals surface area contributed by atoms with Crippen molar-refractivity contribution >= 4 is 38.3 Å². The highest BCUT2D eigenvalue weighted by atomic mass is 127. The fourth-order valence-electron chi connectivity index (χ4n) is 1.32. The zero-order valence-electron chi connectivity index (χ0n) is 7.47. The van der Waals surface area contributed by atoms with Gasteiger partial charge < -0.3 is 24.0 Å². The zero-order valence-corrected chi connectivity index (χ0v) is 12.0. The normalized spacial score (nSPS) is 9.93. The lowest BCUT2D eigenvalue weighted by Crippen LogP contribution is -3.00. The van der Waals surface area contributed by atoms with Crippen LogP contribution in [0.1, 0.15) is 0 Å². The third-order valence-electron chi connectivity index (χ3n) is 1.95. The maximum absolute atomic E-state index is 5.93. The molecule has 14 heavy (non-hydrogen) atoms. The van der Waals surface area contributed by atoms with E-state index in [1.165, 1.54) is 5.39 Å². The van der Waals surface area contributed by atoms with Crippen molar-refractivity contribution < 1.29 is 28.5 Å². The van der Waals surface area contributed by atoms with Crippen molar-refractivity contribution in [1.29, 1.82) is 0 Å². The van der Waals surface area contributed by atoms with Crippen molar-refractivity contribution in [3.63, 3.8) is 0 Å². The summed E-state index contributed by atoms with van der Waals surface area (Å²) in [6.07, 6.45) is 4.07. The van der Waals surface area contributed by atoms with E-state index in [0.717, 1.165) is 14.9 Å². The van der Waals surface area contributed by atoms with Crippen LogP contribution in [-0.2, 0) is 7.05 Å². The Morgan fingerprint density at radius 3 is 2.79 bits per heavy atom. The Morgan fingerprint density at radius 2 is 2.07 bits per heavy atom. The predicted octanol–water partition coefficient (Wildman–Crippen LogP) is 0.0842. The SMILES string of the molecule is C[n+]1ccc2cc(Cl)cc(Br)c2c1.[I-]. The van der Waals surface area contributed by atoms with Crippen molar-refractivity contribution in [2.45, 2.75) is 0 Å². The molecule has 0 N–H and O–H groups in total. The number of aryl methyl sites for hydroxylation is 1. The molecule has 0 radical (unpaired) electrons. The third-order valence-corrected chi connectivity index (χ3v) is 2.82. The molecule has 0 aliphatic rings. The molecule has 0 saturated carbocycles. The van der Waals surface area contributed by atoms with E-state index in [9.17, 15) is 0 Å². The van der Waals surface area contributed by atoms with Crippen molar-refractivity contribution in [2.75, 3.05) is 0 Å². The molecule has 4 heteroatoms. The van der Waals surface area contributed by atoms with E-state index < -0.39 is 0 Å². The smallest absolute Gasteiger partial charge is 0.177 e. The molecule has 0 saturated heterocycles. The van der Waals surface area contributed by atoms with Gasteiger partial charge in [0.1, 0.15) is 7.05 Å². The van der Waals surface area contributed by atoms with E-state index in [2.05, 4.69) is 22.1 Å². The van der Waals surface area contributed by atoms with Crippen molar-refractivity contribution in [3.8, 4) is 0 Å². The molecular weight excluding hydrogens is 376 g/mol. The monoisotopic (exact) mass is 383 g/mol. The van der Waals surface area contributed by atoms with Crippen LogP contribution in [0.4, 0.5) is 0 Å². The van der Waals surface area contributed by atoms with Gasteiger partial charge in [0.05, 0.1) is 5.39 Å². The molecule has 1 aromatic heterocycles. The predicted molar refractivity (Wildman–Crippen MR) is 57.8 cm³/mol. The van der Waals surface area contributed by atoms with Crippen LogP contribution in [0.5, 0.6) is 0 Å². The highest BCUT2D eigenvalue weighted by Crippen LogP contribution is 2.26. The molecule has 1 aromatic carbocycles. The van der Waals surface area contributed by atoms with Crippen molar-refractivity contribution in [1.82, 2.24) is 0 Å². The molecule has 0 atom stereocenters. The van der Waals surface area contributed by atoms with Gasteiger partial charge >= 0.3 is 0 Å². The van der Waals surface area contributed by atoms with Gasteiger partial charge in [0, 0.05) is 15.6 Å². The minimum atomic E-state index is 0. The molecule has 1 heterocycles. The molecule has 0 spiro atoms. The largest absolute Gasteiger partial charge is 1.00 e. The number of aromatic nitrogens is 1. The van der Waals surface area contributed by atoms with Crippen LogP contribution < -0.4 is 28.5 Å². The van der Waals surface area contributed by atoms with Gasteiger partial charge in [0.2, 0.25) is 0 Å². The van der Waals surface area contributed by atoms with Crippen LogP contribution in [0.15, 0.2) is 35.1 Å². The number of nitrogens with zero attached hydrogens (tertiary/aromatic N) is 1. The second kappa shape index (κ2) is 4.77. The highest BCUT2D eigenvalue weighted by Gasteiger charge is 2.04. The van der Waals surface area contributed by atoms with Gasteiger partial charge in [-0.05, 0) is 33.4 Å². The van der Waals surface area contributed by atoms with Gasteiger partial charge in [0.25, 0.3) is 0 Å². The molecule has 0 unspecified atom stereocenters. The second-order valence-electron chi connectivity index (χ2n) is 3.00. The molecule has 0 aliphatic carbocycles. The molecule has 2 rings (SSSR count). The lowest BCUT2D eigenvalue weighted by atomic mass is 10.2. The average molecular weight is 384 g/mol. The van der Waals surface area contributed by atoms with Crippen molar-refractivity contribution in [3.05, 3.63) is 40.1 Å². The average Bonchev–Trinajstić information content (AvgIpc) is 2.06. The first-order chi connectivity index (χ1) is 6.16. The van der Waals surface area contributed by atoms with E-state index >= 15 is 0 Å². The molecular formula is C10H8BrClIN. The lowest BCUT2D eigenvalue weighted by Gasteiger charge is -1.99. The van der Waals surface area contributed by atoms with E-state index in [0.29, 0.717) is 0 Å². The fourth-order valence-corrected chi connectivity index (χ4v) is 2.26. The Kier molecular flexibility index (Phi) is 4.15. The summed E-state index contributed by atoms with van der Waals surface area (Å²) in [6.45, 7) is 0. The van der Waals surface area contributed by atoms with Gasteiger partial charge in [0.15, 0.2) is 12.4 Å². The number of benzene rings is 1. The van der Waals surface area contributed by atoms with Crippen LogP contribution in [0.2, 0.25) is 5.02 Å². The minimum absolute atomic E-state index is 0. The fraction of sp³-hybridized carbons (Fsp3) is 0.100. The summed E-state index contributed by atoms with van der Waals surface area (Å²) in [7, 11) is 2.00. The van der Waals surface area contributed by atoms with E-state index in [1.54, 1.807) is 0 Å². The molecule has 1 nitrogen and oxygen atoms in total. The standard InChI is InChI=1S/C10H8BrClN.HI/c1-13-3-2-7-4-8(12)5-10(11)9(7)6-13;/h2-6H,1H3;1H/q+1;/p-1. The second-order valence-corrected chi connectivity index (χ2v) is 4.29. The maximum atomic E-state index is 5.93. The lowest BCUT2D eigenvalue weighted by molar-refractivity contribution is -0.670. The number of pyridine rings is 1. The van der Waals surface area contributed by atoms with E-state index in [1.807, 2.05) is 36.0 Å². The molecule has 0 amide bonds. The summed E-state index contributed by atoms with van der Waals surface area (Å²) < 4.78 is 3.05. The first kappa shape index (κ1) is 12.2. The number of hydrogen-bond acceptors (Lipinski definition) is 0. The number of halogens is 3. The first-order valence-corrected chi connectivity index (χ1v) is 5.08. The summed E-state index contributed by atoms with van der Waals surface area (Å²) >= 11 is 9.41. The first-order valence-electron chi connectivity index (χ1n) is 3.91. The van der Waals surface area contributed by atoms with Crippen LogP contribution in [-0.4, -0.2) is 0 Å². The van der Waals surface area contributed by atoms with Crippen molar-refractivity contribution in [2.24, 2.45) is 7.05 Å². The minimum Gasteiger partial charge on any atom is -1.00 e. The van der Waals surface area contributed by atoms with Gasteiger partial charge in [-0.25, -0.2) is 4.57 Å². The summed E-state index contributed by atoms with van der Waals surface area (Å²) in [4.78, 5) is 0. The molecule has 0 fully saturated rings. The summed E-state index contributed by atoms with van der Waals surface area (Å²) in [5.74, 6) is 0. The van der Waals surface area contributed by atoms with Crippen LogP contribution in [0.25, 0.3) is 10.8 Å². The van der Waals surface area contributed by atoms with Gasteiger partial charge in [-0.1, -0.05) is 11.6 Å². The molecule has 0 aliphatic heterocycles. The van der Waals surface area contributed by atoms with Crippen LogP contribution in [0, 0.1) is 0 Å². The maximum Gasteiger partial charge on any atom is 0.177 e.